The molecule has 0 unspecified atom stereocenters. The van der Waals surface area contributed by atoms with E-state index in [0.29, 0.717) is 10.9 Å². The van der Waals surface area contributed by atoms with E-state index >= 15 is 0 Å². The van der Waals surface area contributed by atoms with Gasteiger partial charge in [0.15, 0.2) is 5.16 Å². The van der Waals surface area contributed by atoms with E-state index in [-0.39, 0.29) is 19.0 Å². The van der Waals surface area contributed by atoms with Crippen molar-refractivity contribution in [2.75, 3.05) is 12.4 Å². The summed E-state index contributed by atoms with van der Waals surface area (Å²) in [6.07, 6.45) is 0.782. The third-order valence-electron chi connectivity index (χ3n) is 2.05. The number of nitrogens with one attached hydrogen (secondary N) is 1. The van der Waals surface area contributed by atoms with Gasteiger partial charge in [0.2, 0.25) is 5.91 Å². The molecule has 100 valence electrons. The van der Waals surface area contributed by atoms with E-state index in [2.05, 4.69) is 15.0 Å². The number of carbonyl (C=O) groups is 2. The second-order valence-corrected chi connectivity index (χ2v) is 4.25. The molecule has 0 saturated heterocycles. The van der Waals surface area contributed by atoms with Gasteiger partial charge in [-0.2, -0.15) is 0 Å². The number of hydrogen-bond acceptors (Lipinski definition) is 6. The van der Waals surface area contributed by atoms with Crippen molar-refractivity contribution in [3.05, 3.63) is 11.9 Å². The number of ether oxygens (including phenoxy) is 1. The molecule has 0 aliphatic rings. The van der Waals surface area contributed by atoms with E-state index in [1.54, 1.807) is 18.5 Å². The number of aliphatic hydroxyl groups excluding tert-OH is 1. The van der Waals surface area contributed by atoms with Crippen LogP contribution in [0.3, 0.4) is 0 Å². The van der Waals surface area contributed by atoms with Gasteiger partial charge < -0.3 is 14.4 Å². The lowest BCUT2D eigenvalue weighted by Crippen LogP contribution is -2.32. The predicted molar refractivity (Wildman–Crippen MR) is 65.0 cm³/mol. The molecule has 1 rings (SSSR count). The zero-order valence-electron chi connectivity index (χ0n) is 10.2. The van der Waals surface area contributed by atoms with Crippen LogP contribution in [0.1, 0.15) is 12.6 Å². The summed E-state index contributed by atoms with van der Waals surface area (Å²) in [6.45, 7) is 1.76. The van der Waals surface area contributed by atoms with E-state index in [4.69, 9.17) is 5.11 Å². The molecule has 2 amide bonds. The Balaban J connectivity index is 2.42. The van der Waals surface area contributed by atoms with Crippen LogP contribution in [0.25, 0.3) is 0 Å². The van der Waals surface area contributed by atoms with Crippen LogP contribution in [-0.4, -0.2) is 39.0 Å². The van der Waals surface area contributed by atoms with Gasteiger partial charge in [-0.1, -0.05) is 11.8 Å². The van der Waals surface area contributed by atoms with Crippen molar-refractivity contribution in [2.45, 2.75) is 18.7 Å². The Bertz CT molecular complexity index is 433. The summed E-state index contributed by atoms with van der Waals surface area (Å²) in [4.78, 5) is 26.4. The number of amides is 2. The molecule has 0 aromatic carbocycles. The van der Waals surface area contributed by atoms with E-state index in [1.165, 1.54) is 18.0 Å². The van der Waals surface area contributed by atoms with E-state index in [1.807, 2.05) is 0 Å². The zero-order valence-corrected chi connectivity index (χ0v) is 11.0. The van der Waals surface area contributed by atoms with Gasteiger partial charge in [-0.05, 0) is 6.92 Å². The highest BCUT2D eigenvalue weighted by atomic mass is 32.2. The molecule has 0 atom stereocenters. The number of carbonyl (C=O) groups excluding carboxylic acids is 2. The van der Waals surface area contributed by atoms with Gasteiger partial charge in [0.1, 0.15) is 0 Å². The third-order valence-corrected chi connectivity index (χ3v) is 3.10. The number of aromatic nitrogens is 2. The predicted octanol–water partition coefficient (Wildman–Crippen LogP) is 0.277. The molecule has 0 radical (unpaired) electrons. The monoisotopic (exact) mass is 273 g/mol. The average molecular weight is 273 g/mol. The Morgan fingerprint density at radius 1 is 1.61 bits per heavy atom. The Kier molecular flexibility index (Phi) is 5.66. The highest BCUT2D eigenvalue weighted by Crippen LogP contribution is 2.16. The number of aliphatic hydroxyl groups is 1. The van der Waals surface area contributed by atoms with Gasteiger partial charge in [0.25, 0.3) is 0 Å². The quantitative estimate of drug-likeness (QED) is 0.748. The summed E-state index contributed by atoms with van der Waals surface area (Å²) < 4.78 is 6.26. The first-order valence-corrected chi connectivity index (χ1v) is 6.27. The molecule has 1 aromatic rings. The van der Waals surface area contributed by atoms with Crippen LogP contribution >= 0.6 is 11.8 Å². The molecule has 1 aromatic heterocycles. The van der Waals surface area contributed by atoms with Gasteiger partial charge in [-0.15, -0.1) is 0 Å². The molecule has 0 aliphatic carbocycles. The largest absolute Gasteiger partial charge is 0.450 e. The fraction of sp³-hybridized carbons (Fsp3) is 0.500. The third kappa shape index (κ3) is 4.04. The lowest BCUT2D eigenvalue weighted by atomic mass is 10.5. The van der Waals surface area contributed by atoms with Gasteiger partial charge in [-0.25, -0.2) is 9.78 Å². The number of hydrogen-bond donors (Lipinski definition) is 2. The lowest BCUT2D eigenvalue weighted by molar-refractivity contribution is -0.117. The van der Waals surface area contributed by atoms with E-state index < -0.39 is 12.0 Å². The van der Waals surface area contributed by atoms with Crippen molar-refractivity contribution < 1.29 is 19.4 Å². The fourth-order valence-corrected chi connectivity index (χ4v) is 1.92. The standard InChI is InChI=1S/C10H15N3O4S/c1-3-17-10(16)12-8(15)6-18-9-11-4-7(5-14)13(9)2/h4,14H,3,5-6H2,1-2H3,(H,12,15,16). The summed E-state index contributed by atoms with van der Waals surface area (Å²) in [5.41, 5.74) is 0.656. The zero-order chi connectivity index (χ0) is 13.5. The van der Waals surface area contributed by atoms with Crippen LogP contribution in [0.5, 0.6) is 0 Å². The van der Waals surface area contributed by atoms with E-state index in [9.17, 15) is 9.59 Å². The average Bonchev–Trinajstić information content (AvgIpc) is 2.67. The Morgan fingerprint density at radius 2 is 2.33 bits per heavy atom. The van der Waals surface area contributed by atoms with Crippen LogP contribution in [0.15, 0.2) is 11.4 Å². The molecule has 0 spiro atoms. The molecule has 0 bridgehead atoms. The summed E-state index contributed by atoms with van der Waals surface area (Å²) in [6, 6.07) is 0. The van der Waals surface area contributed by atoms with Crippen LogP contribution in [-0.2, 0) is 23.2 Å². The van der Waals surface area contributed by atoms with E-state index in [0.717, 1.165) is 0 Å². The second kappa shape index (κ2) is 7.02. The van der Waals surface area contributed by atoms with Crippen molar-refractivity contribution in [1.29, 1.82) is 0 Å². The van der Waals surface area contributed by atoms with Gasteiger partial charge in [0.05, 0.1) is 30.9 Å². The van der Waals surface area contributed by atoms with Crippen molar-refractivity contribution in [3.63, 3.8) is 0 Å². The minimum Gasteiger partial charge on any atom is -0.450 e. The lowest BCUT2D eigenvalue weighted by Gasteiger charge is -2.05. The second-order valence-electron chi connectivity index (χ2n) is 3.31. The molecule has 0 aliphatic heterocycles. The maximum atomic E-state index is 11.4. The molecule has 7 nitrogen and oxygen atoms in total. The molecular weight excluding hydrogens is 258 g/mol. The van der Waals surface area contributed by atoms with Crippen LogP contribution in [0, 0.1) is 0 Å². The Morgan fingerprint density at radius 3 is 2.89 bits per heavy atom. The molecule has 1 heterocycles. The Labute approximate surface area is 109 Å². The minimum absolute atomic E-state index is 0.0501. The van der Waals surface area contributed by atoms with Crippen LogP contribution in [0.2, 0.25) is 0 Å². The first-order valence-electron chi connectivity index (χ1n) is 5.29. The number of rotatable bonds is 5. The number of thioether (sulfide) groups is 1. The highest BCUT2D eigenvalue weighted by Gasteiger charge is 2.11. The molecule has 0 saturated carbocycles. The summed E-state index contributed by atoms with van der Waals surface area (Å²) in [5, 5.41) is 11.7. The number of nitrogens with zero attached hydrogens (tertiary/aromatic N) is 2. The highest BCUT2D eigenvalue weighted by molar-refractivity contribution is 7.99. The number of imidazole rings is 1. The summed E-state index contributed by atoms with van der Waals surface area (Å²) in [7, 11) is 1.74. The molecule has 8 heteroatoms. The summed E-state index contributed by atoms with van der Waals surface area (Å²) >= 11 is 1.17. The number of imide groups is 1. The molecule has 0 fully saturated rings. The van der Waals surface area contributed by atoms with Gasteiger partial charge in [0, 0.05) is 7.05 Å². The maximum absolute atomic E-state index is 11.4. The SMILES string of the molecule is CCOC(=O)NC(=O)CSc1ncc(CO)n1C. The topological polar surface area (TPSA) is 93.4 Å². The van der Waals surface area contributed by atoms with Crippen LogP contribution in [0.4, 0.5) is 4.79 Å². The van der Waals surface area contributed by atoms with Gasteiger partial charge >= 0.3 is 6.09 Å². The molecular formula is C10H15N3O4S. The first-order chi connectivity index (χ1) is 8.58. The van der Waals surface area contributed by atoms with Crippen LogP contribution < -0.4 is 5.32 Å². The van der Waals surface area contributed by atoms with Crippen molar-refractivity contribution >= 4 is 23.8 Å². The van der Waals surface area contributed by atoms with Crippen molar-refractivity contribution in [3.8, 4) is 0 Å². The summed E-state index contributed by atoms with van der Waals surface area (Å²) in [5.74, 6) is -0.402. The van der Waals surface area contributed by atoms with Gasteiger partial charge in [-0.3, -0.25) is 10.1 Å². The van der Waals surface area contributed by atoms with Crippen molar-refractivity contribution in [1.82, 2.24) is 14.9 Å². The first kappa shape index (κ1) is 14.5. The molecule has 2 N–H and O–H groups in total. The van der Waals surface area contributed by atoms with Crippen molar-refractivity contribution in [2.24, 2.45) is 7.05 Å². The Hall–Kier alpha value is -1.54. The molecule has 18 heavy (non-hydrogen) atoms. The maximum Gasteiger partial charge on any atom is 0.413 e. The number of alkyl carbamates (subject to hydrolysis) is 1. The smallest absolute Gasteiger partial charge is 0.413 e. The fourth-order valence-electron chi connectivity index (χ4n) is 1.15. The normalized spacial score (nSPS) is 10.2. The minimum atomic E-state index is -0.751.